The summed E-state index contributed by atoms with van der Waals surface area (Å²) in [5.41, 5.74) is 7.64. The lowest BCUT2D eigenvalue weighted by molar-refractivity contribution is -0.118. The summed E-state index contributed by atoms with van der Waals surface area (Å²) in [4.78, 5) is 18.8. The van der Waals surface area contributed by atoms with E-state index in [4.69, 9.17) is 5.73 Å². The van der Waals surface area contributed by atoms with E-state index < -0.39 is 0 Å². The van der Waals surface area contributed by atoms with E-state index >= 15 is 0 Å². The summed E-state index contributed by atoms with van der Waals surface area (Å²) in [7, 11) is 0. The molecule has 1 aromatic heterocycles. The molecule has 0 radical (unpaired) electrons. The van der Waals surface area contributed by atoms with Gasteiger partial charge in [-0.05, 0) is 38.8 Å². The zero-order chi connectivity index (χ0) is 14.5. The van der Waals surface area contributed by atoms with Crippen LogP contribution in [0, 0.1) is 0 Å². The minimum Gasteiger partial charge on any atom is -0.384 e. The Morgan fingerprint density at radius 3 is 2.50 bits per heavy atom. The summed E-state index contributed by atoms with van der Waals surface area (Å²) in [6.45, 7) is 6.00. The van der Waals surface area contributed by atoms with E-state index in [1.807, 2.05) is 11.0 Å². The van der Waals surface area contributed by atoms with E-state index in [1.165, 1.54) is 19.3 Å². The van der Waals surface area contributed by atoms with Crippen LogP contribution in [-0.2, 0) is 10.2 Å². The highest BCUT2D eigenvalue weighted by Crippen LogP contribution is 2.57. The van der Waals surface area contributed by atoms with Crippen LogP contribution in [-0.4, -0.2) is 16.4 Å². The molecule has 2 aliphatic rings. The lowest BCUT2D eigenvalue weighted by Gasteiger charge is -2.47. The lowest BCUT2D eigenvalue weighted by Crippen LogP contribution is -2.56. The largest absolute Gasteiger partial charge is 0.384 e. The SMILES string of the molecule is CC(=O)N1c2ccc(N)nc2C2(CCCCC2)C1(C)C. The normalized spacial score (nSPS) is 22.9. The Bertz CT molecular complexity index is 559. The van der Waals surface area contributed by atoms with Crippen LogP contribution in [0.4, 0.5) is 11.5 Å². The number of nitrogens with zero attached hydrogens (tertiary/aromatic N) is 2. The molecule has 20 heavy (non-hydrogen) atoms. The van der Waals surface area contributed by atoms with E-state index in [1.54, 1.807) is 13.0 Å². The monoisotopic (exact) mass is 273 g/mol. The van der Waals surface area contributed by atoms with Crippen molar-refractivity contribution in [3.8, 4) is 0 Å². The van der Waals surface area contributed by atoms with Gasteiger partial charge in [0.15, 0.2) is 0 Å². The van der Waals surface area contributed by atoms with Gasteiger partial charge in [-0.25, -0.2) is 4.98 Å². The molecule has 1 aliphatic heterocycles. The molecule has 1 fully saturated rings. The highest BCUT2D eigenvalue weighted by Gasteiger charge is 2.58. The molecule has 0 atom stereocenters. The van der Waals surface area contributed by atoms with Gasteiger partial charge in [0.25, 0.3) is 0 Å². The van der Waals surface area contributed by atoms with Gasteiger partial charge in [-0.2, -0.15) is 0 Å². The van der Waals surface area contributed by atoms with Crippen molar-refractivity contribution < 1.29 is 4.79 Å². The molecule has 108 valence electrons. The molecule has 4 nitrogen and oxygen atoms in total. The van der Waals surface area contributed by atoms with Gasteiger partial charge in [-0.1, -0.05) is 19.3 Å². The fraction of sp³-hybridized carbons (Fsp3) is 0.625. The number of carbonyl (C=O) groups is 1. The Hall–Kier alpha value is -1.58. The second-order valence-corrected chi connectivity index (χ2v) is 6.66. The number of carbonyl (C=O) groups excluding carboxylic acids is 1. The second-order valence-electron chi connectivity index (χ2n) is 6.66. The summed E-state index contributed by atoms with van der Waals surface area (Å²) in [6, 6.07) is 3.76. The van der Waals surface area contributed by atoms with Gasteiger partial charge in [0.05, 0.1) is 16.9 Å². The maximum absolute atomic E-state index is 12.2. The van der Waals surface area contributed by atoms with Crippen LogP contribution in [0.15, 0.2) is 12.1 Å². The molecule has 1 saturated carbocycles. The number of pyridine rings is 1. The van der Waals surface area contributed by atoms with Crippen LogP contribution in [0.5, 0.6) is 0 Å². The molecule has 0 unspecified atom stereocenters. The number of fused-ring (bicyclic) bond motifs is 2. The molecule has 3 rings (SSSR count). The molecular formula is C16H23N3O. The predicted molar refractivity (Wildman–Crippen MR) is 80.7 cm³/mol. The smallest absolute Gasteiger partial charge is 0.224 e. The maximum Gasteiger partial charge on any atom is 0.224 e. The van der Waals surface area contributed by atoms with Gasteiger partial charge >= 0.3 is 0 Å². The molecule has 1 spiro atoms. The topological polar surface area (TPSA) is 59.2 Å². The highest BCUT2D eigenvalue weighted by molar-refractivity contribution is 5.96. The molecule has 2 N–H and O–H groups in total. The van der Waals surface area contributed by atoms with Crippen molar-refractivity contribution in [3.63, 3.8) is 0 Å². The number of hydrogen-bond donors (Lipinski definition) is 1. The summed E-state index contributed by atoms with van der Waals surface area (Å²) < 4.78 is 0. The molecule has 1 aromatic rings. The zero-order valence-electron chi connectivity index (χ0n) is 12.6. The third-order valence-electron chi connectivity index (χ3n) is 5.34. The van der Waals surface area contributed by atoms with Crippen LogP contribution in [0.2, 0.25) is 0 Å². The standard InChI is InChI=1S/C16H23N3O/c1-11(20)19-12-7-8-13(17)18-14(12)16(15(19,2)3)9-5-4-6-10-16/h7-8H,4-6,9-10H2,1-3H3,(H2,17,18). The molecule has 0 bridgehead atoms. The lowest BCUT2D eigenvalue weighted by atomic mass is 9.62. The van der Waals surface area contributed by atoms with Crippen LogP contribution >= 0.6 is 0 Å². The highest BCUT2D eigenvalue weighted by atomic mass is 16.2. The molecule has 1 aliphatic carbocycles. The molecule has 4 heteroatoms. The molecule has 2 heterocycles. The number of nitrogens with two attached hydrogens (primary N) is 1. The Morgan fingerprint density at radius 1 is 1.25 bits per heavy atom. The number of hydrogen-bond acceptors (Lipinski definition) is 3. The van der Waals surface area contributed by atoms with Crippen LogP contribution < -0.4 is 10.6 Å². The van der Waals surface area contributed by atoms with Crippen molar-refractivity contribution in [2.75, 3.05) is 10.6 Å². The van der Waals surface area contributed by atoms with Crippen LogP contribution in [0.3, 0.4) is 0 Å². The Morgan fingerprint density at radius 2 is 1.90 bits per heavy atom. The minimum atomic E-state index is -0.234. The first kappa shape index (κ1) is 13.4. The average molecular weight is 273 g/mol. The average Bonchev–Trinajstić information content (AvgIpc) is 2.57. The quantitative estimate of drug-likeness (QED) is 0.790. The van der Waals surface area contributed by atoms with Crippen molar-refractivity contribution in [1.82, 2.24) is 4.98 Å². The zero-order valence-corrected chi connectivity index (χ0v) is 12.6. The van der Waals surface area contributed by atoms with E-state index in [9.17, 15) is 4.79 Å². The summed E-state index contributed by atoms with van der Waals surface area (Å²) in [5, 5.41) is 0. The van der Waals surface area contributed by atoms with Crippen LogP contribution in [0.25, 0.3) is 0 Å². The van der Waals surface area contributed by atoms with Crippen molar-refractivity contribution >= 4 is 17.4 Å². The minimum absolute atomic E-state index is 0.0400. The number of rotatable bonds is 0. The van der Waals surface area contributed by atoms with E-state index in [0.29, 0.717) is 5.82 Å². The van der Waals surface area contributed by atoms with Gasteiger partial charge in [0.1, 0.15) is 5.82 Å². The number of anilines is 2. The molecule has 1 amide bonds. The summed E-state index contributed by atoms with van der Waals surface area (Å²) in [6.07, 6.45) is 5.85. The van der Waals surface area contributed by atoms with Gasteiger partial charge in [-0.3, -0.25) is 4.79 Å². The third kappa shape index (κ3) is 1.54. The van der Waals surface area contributed by atoms with Crippen molar-refractivity contribution in [3.05, 3.63) is 17.8 Å². The second kappa shape index (κ2) is 4.21. The Kier molecular flexibility index (Phi) is 2.82. The molecular weight excluding hydrogens is 250 g/mol. The van der Waals surface area contributed by atoms with Gasteiger partial charge < -0.3 is 10.6 Å². The Balaban J connectivity index is 2.25. The predicted octanol–water partition coefficient (Wildman–Crippen LogP) is 3.01. The fourth-order valence-corrected chi connectivity index (χ4v) is 4.37. The number of amides is 1. The van der Waals surface area contributed by atoms with Crippen molar-refractivity contribution in [2.24, 2.45) is 0 Å². The third-order valence-corrected chi connectivity index (χ3v) is 5.34. The van der Waals surface area contributed by atoms with Crippen LogP contribution in [0.1, 0.15) is 58.6 Å². The fourth-order valence-electron chi connectivity index (χ4n) is 4.37. The summed E-state index contributed by atoms with van der Waals surface area (Å²) >= 11 is 0. The van der Waals surface area contributed by atoms with Crippen molar-refractivity contribution in [1.29, 1.82) is 0 Å². The summed E-state index contributed by atoms with van der Waals surface area (Å²) in [5.74, 6) is 0.639. The Labute approximate surface area is 120 Å². The first-order valence-corrected chi connectivity index (χ1v) is 7.48. The van der Waals surface area contributed by atoms with E-state index in [0.717, 1.165) is 24.2 Å². The van der Waals surface area contributed by atoms with Crippen molar-refractivity contribution in [2.45, 2.75) is 63.8 Å². The first-order chi connectivity index (χ1) is 9.40. The maximum atomic E-state index is 12.2. The number of nitrogen functional groups attached to an aromatic ring is 1. The first-order valence-electron chi connectivity index (χ1n) is 7.48. The van der Waals surface area contributed by atoms with E-state index in [2.05, 4.69) is 18.8 Å². The molecule has 0 saturated heterocycles. The van der Waals surface area contributed by atoms with E-state index in [-0.39, 0.29) is 16.9 Å². The van der Waals surface area contributed by atoms with Gasteiger partial charge in [0, 0.05) is 12.3 Å². The molecule has 0 aromatic carbocycles. The van der Waals surface area contributed by atoms with Gasteiger partial charge in [-0.15, -0.1) is 0 Å². The number of aromatic nitrogens is 1. The van der Waals surface area contributed by atoms with Gasteiger partial charge in [0.2, 0.25) is 5.91 Å².